The van der Waals surface area contributed by atoms with Gasteiger partial charge in [-0.25, -0.2) is 0 Å². The minimum Gasteiger partial charge on any atom is -0.479 e. The van der Waals surface area contributed by atoms with Crippen LogP contribution in [0.2, 0.25) is 10.0 Å². The second kappa shape index (κ2) is 7.72. The zero-order valence-corrected chi connectivity index (χ0v) is 15.3. The molecule has 132 valence electrons. The number of nitro benzene ring substituents is 1. The fourth-order valence-corrected chi connectivity index (χ4v) is 2.74. The molecule has 8 heteroatoms. The monoisotopic (exact) mass is 382 g/mol. The number of carbonyl (C=O) groups is 1. The third-order valence-corrected chi connectivity index (χ3v) is 4.07. The lowest BCUT2D eigenvalue weighted by Crippen LogP contribution is -2.30. The fraction of sp³-hybridized carbons (Fsp3) is 0.235. The number of hydrogen-bond acceptors (Lipinski definition) is 4. The molecule has 2 aromatic rings. The molecule has 0 bridgehead atoms. The lowest BCUT2D eigenvalue weighted by Gasteiger charge is -2.17. The summed E-state index contributed by atoms with van der Waals surface area (Å²) in [5.41, 5.74) is 1.69. The lowest BCUT2D eigenvalue weighted by atomic mass is 10.1. The van der Waals surface area contributed by atoms with Crippen molar-refractivity contribution >= 4 is 40.5 Å². The van der Waals surface area contributed by atoms with E-state index in [2.05, 4.69) is 5.32 Å². The molecular weight excluding hydrogens is 367 g/mol. The Labute approximate surface area is 154 Å². The van der Waals surface area contributed by atoms with Crippen molar-refractivity contribution in [1.29, 1.82) is 0 Å². The summed E-state index contributed by atoms with van der Waals surface area (Å²) in [7, 11) is 0. The van der Waals surface area contributed by atoms with Gasteiger partial charge in [0, 0.05) is 22.8 Å². The highest BCUT2D eigenvalue weighted by Gasteiger charge is 2.19. The van der Waals surface area contributed by atoms with E-state index in [1.807, 2.05) is 0 Å². The smallest absolute Gasteiger partial charge is 0.270 e. The first-order valence-electron chi connectivity index (χ1n) is 7.37. The summed E-state index contributed by atoms with van der Waals surface area (Å²) in [6.07, 6.45) is -0.826. The largest absolute Gasteiger partial charge is 0.479 e. The molecule has 1 amide bonds. The van der Waals surface area contributed by atoms with Gasteiger partial charge in [0.15, 0.2) is 6.10 Å². The van der Waals surface area contributed by atoms with Crippen LogP contribution >= 0.6 is 23.2 Å². The topological polar surface area (TPSA) is 81.5 Å². The van der Waals surface area contributed by atoms with E-state index < -0.39 is 16.9 Å². The van der Waals surface area contributed by atoms with Gasteiger partial charge in [0.1, 0.15) is 5.75 Å². The highest BCUT2D eigenvalue weighted by Crippen LogP contribution is 2.29. The van der Waals surface area contributed by atoms with Gasteiger partial charge in [-0.2, -0.15) is 0 Å². The van der Waals surface area contributed by atoms with E-state index in [0.717, 1.165) is 0 Å². The van der Waals surface area contributed by atoms with E-state index in [-0.39, 0.29) is 5.69 Å². The molecule has 0 fully saturated rings. The lowest BCUT2D eigenvalue weighted by molar-refractivity contribution is -0.384. The first-order chi connectivity index (χ1) is 11.7. The molecule has 2 rings (SSSR count). The maximum atomic E-state index is 12.4. The van der Waals surface area contributed by atoms with E-state index in [1.54, 1.807) is 32.9 Å². The van der Waals surface area contributed by atoms with Crippen LogP contribution in [0, 0.1) is 24.0 Å². The van der Waals surface area contributed by atoms with Crippen molar-refractivity contribution in [2.75, 3.05) is 5.32 Å². The number of nitrogens with zero attached hydrogens (tertiary/aromatic N) is 1. The number of nitrogens with one attached hydrogen (secondary N) is 1. The fourth-order valence-electron chi connectivity index (χ4n) is 2.28. The van der Waals surface area contributed by atoms with Crippen LogP contribution in [0.4, 0.5) is 11.4 Å². The highest BCUT2D eigenvalue weighted by molar-refractivity contribution is 6.35. The molecule has 0 heterocycles. The van der Waals surface area contributed by atoms with Crippen molar-refractivity contribution in [3.63, 3.8) is 0 Å². The van der Waals surface area contributed by atoms with E-state index in [4.69, 9.17) is 27.9 Å². The zero-order valence-electron chi connectivity index (χ0n) is 13.8. The standard InChI is InChI=1S/C17H16Cl2N2O4/c1-9-6-13(21(23)24)7-10(2)16(9)20-17(22)11(3)25-15-5-4-12(18)8-14(15)19/h4-8,11H,1-3H3,(H,20,22)/t11-/m0/s1. The molecule has 0 aliphatic carbocycles. The zero-order chi connectivity index (χ0) is 18.7. The average molecular weight is 383 g/mol. The molecule has 6 nitrogen and oxygen atoms in total. The van der Waals surface area contributed by atoms with Crippen LogP contribution in [0.25, 0.3) is 0 Å². The molecule has 2 aromatic carbocycles. The summed E-state index contributed by atoms with van der Waals surface area (Å²) in [5, 5.41) is 14.4. The minimum atomic E-state index is -0.826. The third-order valence-electron chi connectivity index (χ3n) is 3.54. The SMILES string of the molecule is Cc1cc([N+](=O)[O-])cc(C)c1NC(=O)[C@H](C)Oc1ccc(Cl)cc1Cl. The van der Waals surface area contributed by atoms with Gasteiger partial charge >= 0.3 is 0 Å². The molecule has 0 saturated heterocycles. The second-order valence-corrected chi connectivity index (χ2v) is 6.38. The molecule has 0 spiro atoms. The summed E-state index contributed by atoms with van der Waals surface area (Å²) in [6.45, 7) is 4.96. The Morgan fingerprint density at radius 3 is 2.32 bits per heavy atom. The van der Waals surface area contributed by atoms with Crippen LogP contribution in [0.15, 0.2) is 30.3 Å². The molecule has 0 aliphatic heterocycles. The summed E-state index contributed by atoms with van der Waals surface area (Å²) >= 11 is 11.9. The van der Waals surface area contributed by atoms with E-state index in [0.29, 0.717) is 32.6 Å². The van der Waals surface area contributed by atoms with E-state index in [9.17, 15) is 14.9 Å². The van der Waals surface area contributed by atoms with Crippen molar-refractivity contribution in [2.24, 2.45) is 0 Å². The molecule has 1 N–H and O–H groups in total. The Morgan fingerprint density at radius 2 is 1.80 bits per heavy atom. The van der Waals surface area contributed by atoms with Crippen LogP contribution < -0.4 is 10.1 Å². The van der Waals surface area contributed by atoms with Gasteiger partial charge in [0.25, 0.3) is 11.6 Å². The molecular formula is C17H16Cl2N2O4. The van der Waals surface area contributed by atoms with Gasteiger partial charge in [-0.3, -0.25) is 14.9 Å². The molecule has 0 aromatic heterocycles. The number of amides is 1. The number of nitro groups is 1. The quantitative estimate of drug-likeness (QED) is 0.587. The number of anilines is 1. The van der Waals surface area contributed by atoms with Crippen molar-refractivity contribution in [1.82, 2.24) is 0 Å². The van der Waals surface area contributed by atoms with E-state index in [1.165, 1.54) is 18.2 Å². The first-order valence-corrected chi connectivity index (χ1v) is 8.13. The molecule has 0 saturated carbocycles. The molecule has 0 aliphatic rings. The maximum absolute atomic E-state index is 12.4. The Kier molecular flexibility index (Phi) is 5.87. The van der Waals surface area contributed by atoms with Crippen molar-refractivity contribution in [2.45, 2.75) is 26.9 Å². The number of benzene rings is 2. The minimum absolute atomic E-state index is 0.0229. The van der Waals surface area contributed by atoms with Crippen LogP contribution in [-0.2, 0) is 4.79 Å². The Morgan fingerprint density at radius 1 is 1.20 bits per heavy atom. The van der Waals surface area contributed by atoms with Crippen LogP contribution in [0.1, 0.15) is 18.1 Å². The average Bonchev–Trinajstić information content (AvgIpc) is 2.52. The normalized spacial score (nSPS) is 11.7. The first kappa shape index (κ1) is 19.0. The number of ether oxygens (including phenoxy) is 1. The third kappa shape index (κ3) is 4.61. The summed E-state index contributed by atoms with van der Waals surface area (Å²) in [6, 6.07) is 7.52. The highest BCUT2D eigenvalue weighted by atomic mass is 35.5. The molecule has 25 heavy (non-hydrogen) atoms. The number of rotatable bonds is 5. The molecule has 0 unspecified atom stereocenters. The van der Waals surface area contributed by atoms with Crippen LogP contribution in [0.3, 0.4) is 0 Å². The van der Waals surface area contributed by atoms with Crippen molar-refractivity contribution in [3.8, 4) is 5.75 Å². The molecule has 1 atom stereocenters. The Hall–Kier alpha value is -2.31. The second-order valence-electron chi connectivity index (χ2n) is 5.54. The predicted octanol–water partition coefficient (Wildman–Crippen LogP) is 4.92. The summed E-state index contributed by atoms with van der Waals surface area (Å²) in [4.78, 5) is 22.8. The van der Waals surface area contributed by atoms with Crippen LogP contribution in [0.5, 0.6) is 5.75 Å². The van der Waals surface area contributed by atoms with Gasteiger partial charge in [0.2, 0.25) is 0 Å². The summed E-state index contributed by atoms with van der Waals surface area (Å²) < 4.78 is 5.56. The van der Waals surface area contributed by atoms with Gasteiger partial charge in [0.05, 0.1) is 9.95 Å². The summed E-state index contributed by atoms with van der Waals surface area (Å²) in [5.74, 6) is -0.0584. The molecule has 0 radical (unpaired) electrons. The van der Waals surface area contributed by atoms with Crippen LogP contribution in [-0.4, -0.2) is 16.9 Å². The van der Waals surface area contributed by atoms with E-state index >= 15 is 0 Å². The number of hydrogen-bond donors (Lipinski definition) is 1. The van der Waals surface area contributed by atoms with Crippen molar-refractivity contribution < 1.29 is 14.5 Å². The van der Waals surface area contributed by atoms with Gasteiger partial charge < -0.3 is 10.1 Å². The van der Waals surface area contributed by atoms with Gasteiger partial charge in [-0.05, 0) is 50.1 Å². The van der Waals surface area contributed by atoms with Gasteiger partial charge in [-0.15, -0.1) is 0 Å². The maximum Gasteiger partial charge on any atom is 0.270 e. The number of aryl methyl sites for hydroxylation is 2. The predicted molar refractivity (Wildman–Crippen MR) is 97.8 cm³/mol. The van der Waals surface area contributed by atoms with Gasteiger partial charge in [-0.1, -0.05) is 23.2 Å². The van der Waals surface area contributed by atoms with Crippen molar-refractivity contribution in [3.05, 3.63) is 61.6 Å². The number of non-ortho nitro benzene ring substituents is 1. The Bertz CT molecular complexity index is 816. The number of carbonyl (C=O) groups excluding carboxylic acids is 1. The Balaban J connectivity index is 2.15. The number of halogens is 2.